The van der Waals surface area contributed by atoms with Gasteiger partial charge in [0.15, 0.2) is 0 Å². The molecule has 76 valence electrons. The Bertz CT molecular complexity index is 267. The fourth-order valence-corrected chi connectivity index (χ4v) is 1.16. The molecular weight excluding hydrogens is 176 g/mol. The van der Waals surface area contributed by atoms with Crippen LogP contribution in [0.25, 0.3) is 0 Å². The summed E-state index contributed by atoms with van der Waals surface area (Å²) >= 11 is 0. The normalized spacial score (nSPS) is 13.0. The van der Waals surface area contributed by atoms with Gasteiger partial charge in [-0.1, -0.05) is 30.3 Å². The van der Waals surface area contributed by atoms with Crippen LogP contribution in [0.1, 0.15) is 25.0 Å². The van der Waals surface area contributed by atoms with Gasteiger partial charge in [-0.15, -0.1) is 0 Å². The van der Waals surface area contributed by atoms with E-state index in [0.29, 0.717) is 13.0 Å². The molecule has 0 heterocycles. The summed E-state index contributed by atoms with van der Waals surface area (Å²) in [4.78, 5) is 0. The van der Waals surface area contributed by atoms with Gasteiger partial charge < -0.3 is 9.84 Å². The van der Waals surface area contributed by atoms with Gasteiger partial charge in [0.25, 0.3) is 0 Å². The molecule has 1 rings (SSSR count). The molecule has 0 aromatic heterocycles. The largest absolute Gasteiger partial charge is 0.502 e. The van der Waals surface area contributed by atoms with Gasteiger partial charge >= 0.3 is 0 Å². The molecule has 2 nitrogen and oxygen atoms in total. The Balaban J connectivity index is 2.39. The molecule has 1 unspecified atom stereocenters. The Morgan fingerprint density at radius 2 is 2.07 bits per heavy atom. The molecule has 1 atom stereocenters. The number of aliphatic hydroxyl groups is 1. The maximum atomic E-state index is 9.71. The van der Waals surface area contributed by atoms with E-state index in [0.717, 1.165) is 5.56 Å². The van der Waals surface area contributed by atoms with Crippen molar-refractivity contribution in [3.8, 4) is 0 Å². The number of hydrogen-bond donors (Lipinski definition) is 1. The van der Waals surface area contributed by atoms with Gasteiger partial charge in [0.05, 0.1) is 19.0 Å². The van der Waals surface area contributed by atoms with Gasteiger partial charge in [-0.2, -0.15) is 0 Å². The third kappa shape index (κ3) is 3.62. The molecule has 0 amide bonds. The van der Waals surface area contributed by atoms with Crippen LogP contribution >= 0.6 is 0 Å². The van der Waals surface area contributed by atoms with Crippen LogP contribution in [0, 0.1) is 0 Å². The van der Waals surface area contributed by atoms with Gasteiger partial charge in [-0.3, -0.25) is 0 Å². The molecule has 0 saturated carbocycles. The molecule has 0 fully saturated rings. The van der Waals surface area contributed by atoms with Crippen molar-refractivity contribution >= 4 is 0 Å². The first-order valence-corrected chi connectivity index (χ1v) is 4.84. The van der Waals surface area contributed by atoms with Crippen LogP contribution in [0.2, 0.25) is 0 Å². The predicted octanol–water partition coefficient (Wildman–Crippen LogP) is 2.66. The minimum atomic E-state index is -0.437. The highest BCUT2D eigenvalue weighted by Gasteiger charge is 2.03. The van der Waals surface area contributed by atoms with E-state index in [-0.39, 0.29) is 0 Å². The van der Waals surface area contributed by atoms with E-state index in [9.17, 15) is 5.11 Å². The van der Waals surface area contributed by atoms with E-state index in [1.807, 2.05) is 43.3 Å². The number of benzene rings is 1. The summed E-state index contributed by atoms with van der Waals surface area (Å²) in [5, 5.41) is 9.71. The molecule has 1 aromatic carbocycles. The third-order valence-corrected chi connectivity index (χ3v) is 1.90. The van der Waals surface area contributed by atoms with Crippen LogP contribution in [0.15, 0.2) is 42.7 Å². The summed E-state index contributed by atoms with van der Waals surface area (Å²) in [5.74, 6) is 0. The standard InChI is InChI=1S/C12H16O2/c1-2-14-10-6-9-12(13)11-7-4-3-5-8-11/h3-8,10,12-13H,2,9H2,1H3/b10-6-. The summed E-state index contributed by atoms with van der Waals surface area (Å²) in [6.07, 6.45) is 3.62. The number of aliphatic hydroxyl groups excluding tert-OH is 1. The highest BCUT2D eigenvalue weighted by molar-refractivity contribution is 5.17. The molecule has 0 spiro atoms. The van der Waals surface area contributed by atoms with Crippen LogP contribution in [-0.2, 0) is 4.74 Å². The summed E-state index contributed by atoms with van der Waals surface area (Å²) in [6.45, 7) is 2.59. The first kappa shape index (κ1) is 10.8. The number of ether oxygens (including phenoxy) is 1. The lowest BCUT2D eigenvalue weighted by atomic mass is 10.1. The van der Waals surface area contributed by atoms with Crippen LogP contribution < -0.4 is 0 Å². The Morgan fingerprint density at radius 1 is 1.36 bits per heavy atom. The van der Waals surface area contributed by atoms with E-state index in [4.69, 9.17) is 4.74 Å². The van der Waals surface area contributed by atoms with Crippen molar-refractivity contribution in [1.82, 2.24) is 0 Å². The second kappa shape index (κ2) is 6.22. The van der Waals surface area contributed by atoms with Crippen molar-refractivity contribution in [1.29, 1.82) is 0 Å². The molecule has 1 aromatic rings. The van der Waals surface area contributed by atoms with Crippen molar-refractivity contribution < 1.29 is 9.84 Å². The smallest absolute Gasteiger partial charge is 0.0845 e. The summed E-state index contributed by atoms with van der Waals surface area (Å²) < 4.78 is 5.03. The van der Waals surface area contributed by atoms with Gasteiger partial charge in [0, 0.05) is 0 Å². The van der Waals surface area contributed by atoms with Gasteiger partial charge in [-0.25, -0.2) is 0 Å². The predicted molar refractivity (Wildman–Crippen MR) is 56.8 cm³/mol. The zero-order valence-electron chi connectivity index (χ0n) is 8.39. The SMILES string of the molecule is CCO/C=C\CC(O)c1ccccc1. The fraction of sp³-hybridized carbons (Fsp3) is 0.333. The second-order valence-corrected chi connectivity index (χ2v) is 2.99. The van der Waals surface area contributed by atoms with Crippen LogP contribution in [0.3, 0.4) is 0 Å². The highest BCUT2D eigenvalue weighted by Crippen LogP contribution is 2.15. The maximum absolute atomic E-state index is 9.71. The van der Waals surface area contributed by atoms with Gasteiger partial charge in [-0.05, 0) is 25.0 Å². The lowest BCUT2D eigenvalue weighted by molar-refractivity contribution is 0.179. The lowest BCUT2D eigenvalue weighted by Gasteiger charge is -2.07. The van der Waals surface area contributed by atoms with Crippen molar-refractivity contribution in [3.63, 3.8) is 0 Å². The Kier molecular flexibility index (Phi) is 4.79. The van der Waals surface area contributed by atoms with Crippen molar-refractivity contribution in [2.75, 3.05) is 6.61 Å². The lowest BCUT2D eigenvalue weighted by Crippen LogP contribution is -1.94. The van der Waals surface area contributed by atoms with Gasteiger partial charge in [0.2, 0.25) is 0 Å². The second-order valence-electron chi connectivity index (χ2n) is 2.99. The molecule has 1 N–H and O–H groups in total. The summed E-state index contributed by atoms with van der Waals surface area (Å²) in [7, 11) is 0. The van der Waals surface area contributed by atoms with Crippen LogP contribution in [-0.4, -0.2) is 11.7 Å². The van der Waals surface area contributed by atoms with Crippen LogP contribution in [0.5, 0.6) is 0 Å². The minimum absolute atomic E-state index is 0.437. The summed E-state index contributed by atoms with van der Waals surface area (Å²) in [5.41, 5.74) is 0.939. The fourth-order valence-electron chi connectivity index (χ4n) is 1.16. The quantitative estimate of drug-likeness (QED) is 0.727. The summed E-state index contributed by atoms with van der Waals surface area (Å²) in [6, 6.07) is 9.61. The Hall–Kier alpha value is -1.28. The molecule has 0 radical (unpaired) electrons. The van der Waals surface area contributed by atoms with E-state index in [1.54, 1.807) is 6.26 Å². The molecule has 14 heavy (non-hydrogen) atoms. The molecule has 0 bridgehead atoms. The van der Waals surface area contributed by atoms with E-state index in [2.05, 4.69) is 0 Å². The van der Waals surface area contributed by atoms with Gasteiger partial charge in [0.1, 0.15) is 0 Å². The molecule has 0 aliphatic heterocycles. The highest BCUT2D eigenvalue weighted by atomic mass is 16.5. The topological polar surface area (TPSA) is 29.5 Å². The van der Waals surface area contributed by atoms with Crippen molar-refractivity contribution in [2.45, 2.75) is 19.4 Å². The van der Waals surface area contributed by atoms with Crippen LogP contribution in [0.4, 0.5) is 0 Å². The minimum Gasteiger partial charge on any atom is -0.502 e. The first-order valence-electron chi connectivity index (χ1n) is 4.84. The van der Waals surface area contributed by atoms with E-state index < -0.39 is 6.10 Å². The van der Waals surface area contributed by atoms with E-state index >= 15 is 0 Å². The molecule has 0 aliphatic carbocycles. The average molecular weight is 192 g/mol. The van der Waals surface area contributed by atoms with E-state index in [1.165, 1.54) is 0 Å². The first-order chi connectivity index (χ1) is 6.84. The zero-order valence-corrected chi connectivity index (χ0v) is 8.39. The number of rotatable bonds is 5. The molecular formula is C12H16O2. The zero-order chi connectivity index (χ0) is 10.2. The number of hydrogen-bond acceptors (Lipinski definition) is 2. The molecule has 0 saturated heterocycles. The van der Waals surface area contributed by atoms with Crippen molar-refractivity contribution in [3.05, 3.63) is 48.2 Å². The Labute approximate surface area is 84.8 Å². The average Bonchev–Trinajstić information content (AvgIpc) is 2.25. The molecule has 0 aliphatic rings. The van der Waals surface area contributed by atoms with Crippen molar-refractivity contribution in [2.24, 2.45) is 0 Å². The maximum Gasteiger partial charge on any atom is 0.0845 e. The molecule has 2 heteroatoms. The Morgan fingerprint density at radius 3 is 2.71 bits per heavy atom. The monoisotopic (exact) mass is 192 g/mol. The third-order valence-electron chi connectivity index (χ3n) is 1.90.